The number of rotatable bonds is 1. The molecule has 1 N–H and O–H groups in total. The summed E-state index contributed by atoms with van der Waals surface area (Å²) in [5.74, 6) is -0.492. The van der Waals surface area contributed by atoms with Gasteiger partial charge in [-0.2, -0.15) is 0 Å². The van der Waals surface area contributed by atoms with Crippen LogP contribution in [0.5, 0.6) is 0 Å². The van der Waals surface area contributed by atoms with Gasteiger partial charge in [-0.1, -0.05) is 11.6 Å². The van der Waals surface area contributed by atoms with Gasteiger partial charge in [0.2, 0.25) is 15.9 Å². The molecule has 0 fully saturated rings. The van der Waals surface area contributed by atoms with E-state index < -0.39 is 22.0 Å². The molecular weight excluding hydrogens is 280 g/mol. The van der Waals surface area contributed by atoms with E-state index in [9.17, 15) is 18.0 Å². The first-order valence-electron chi connectivity index (χ1n) is 4.91. The number of urea groups is 1. The van der Waals surface area contributed by atoms with E-state index in [-0.39, 0.29) is 6.42 Å². The summed E-state index contributed by atoms with van der Waals surface area (Å²) in [6.45, 7) is 0. The number of hydrogen-bond acceptors (Lipinski definition) is 4. The van der Waals surface area contributed by atoms with E-state index >= 15 is 0 Å². The number of sulfonamides is 1. The van der Waals surface area contributed by atoms with E-state index in [0.29, 0.717) is 16.3 Å². The van der Waals surface area contributed by atoms with Crippen LogP contribution >= 0.6 is 11.6 Å². The first-order chi connectivity index (χ1) is 8.28. The zero-order valence-corrected chi connectivity index (χ0v) is 10.9. The van der Waals surface area contributed by atoms with Crippen LogP contribution in [-0.2, 0) is 21.2 Å². The molecule has 0 unspecified atom stereocenters. The predicted molar refractivity (Wildman–Crippen MR) is 66.0 cm³/mol. The number of amides is 3. The van der Waals surface area contributed by atoms with E-state index in [1.807, 2.05) is 0 Å². The van der Waals surface area contributed by atoms with Crippen LogP contribution in [0.3, 0.4) is 0 Å². The molecule has 0 aliphatic carbocycles. The third kappa shape index (κ3) is 2.46. The molecule has 0 bridgehead atoms. The Morgan fingerprint density at radius 3 is 2.72 bits per heavy atom. The van der Waals surface area contributed by atoms with Crippen LogP contribution in [0.4, 0.5) is 10.5 Å². The highest BCUT2D eigenvalue weighted by atomic mass is 35.5. The van der Waals surface area contributed by atoms with Gasteiger partial charge in [-0.15, -0.1) is 0 Å². The molecule has 1 aromatic rings. The number of nitrogens with zero attached hydrogens (tertiary/aromatic N) is 1. The molecule has 0 spiro atoms. The number of hydrogen-bond donors (Lipinski definition) is 1. The average Bonchev–Trinajstić information content (AvgIpc) is 2.50. The number of imide groups is 1. The predicted octanol–water partition coefficient (Wildman–Crippen LogP) is 0.898. The van der Waals surface area contributed by atoms with Crippen LogP contribution in [0, 0.1) is 0 Å². The Morgan fingerprint density at radius 1 is 1.44 bits per heavy atom. The summed E-state index contributed by atoms with van der Waals surface area (Å²) in [5, 5.41) is 0.451. The fourth-order valence-electron chi connectivity index (χ4n) is 1.72. The molecule has 0 saturated heterocycles. The number of benzene rings is 1. The molecule has 8 heteroatoms. The molecule has 18 heavy (non-hydrogen) atoms. The van der Waals surface area contributed by atoms with Gasteiger partial charge < -0.3 is 0 Å². The number of carbonyl (C=O) groups excluding carboxylic acids is 2. The summed E-state index contributed by atoms with van der Waals surface area (Å²) >= 11 is 5.78. The lowest BCUT2D eigenvalue weighted by Crippen LogP contribution is -2.44. The van der Waals surface area contributed by atoms with Crippen molar-refractivity contribution < 1.29 is 18.0 Å². The second-order valence-electron chi connectivity index (χ2n) is 3.86. The molecule has 3 amide bonds. The zero-order valence-electron chi connectivity index (χ0n) is 9.31. The molecule has 2 rings (SSSR count). The molecule has 0 saturated carbocycles. The lowest BCUT2D eigenvalue weighted by atomic mass is 10.2. The highest BCUT2D eigenvalue weighted by Gasteiger charge is 2.33. The van der Waals surface area contributed by atoms with Crippen LogP contribution in [0.15, 0.2) is 18.2 Å². The highest BCUT2D eigenvalue weighted by Crippen LogP contribution is 2.31. The molecule has 0 atom stereocenters. The SMILES string of the molecule is CS(=O)(=O)NC(=O)N1C(=O)Cc2cc(Cl)ccc21. The van der Waals surface area contributed by atoms with Gasteiger partial charge in [0.1, 0.15) is 0 Å². The standard InChI is InChI=1S/C10H9ClN2O4S/c1-18(16,17)12-10(15)13-8-3-2-7(11)4-6(8)5-9(13)14/h2-4H,5H2,1H3,(H,12,15). The first kappa shape index (κ1) is 12.8. The van der Waals surface area contributed by atoms with Crippen molar-refractivity contribution >= 4 is 39.2 Å². The Bertz CT molecular complexity index is 641. The van der Waals surface area contributed by atoms with Crippen molar-refractivity contribution in [2.45, 2.75) is 6.42 Å². The Morgan fingerprint density at radius 2 is 2.11 bits per heavy atom. The lowest BCUT2D eigenvalue weighted by Gasteiger charge is -2.15. The lowest BCUT2D eigenvalue weighted by molar-refractivity contribution is -0.116. The molecular formula is C10H9ClN2O4S. The molecule has 1 aliphatic rings. The van der Waals surface area contributed by atoms with Crippen molar-refractivity contribution in [3.05, 3.63) is 28.8 Å². The van der Waals surface area contributed by atoms with Gasteiger partial charge in [-0.25, -0.2) is 22.8 Å². The van der Waals surface area contributed by atoms with Crippen LogP contribution in [0.2, 0.25) is 5.02 Å². The monoisotopic (exact) mass is 288 g/mol. The van der Waals surface area contributed by atoms with Gasteiger partial charge >= 0.3 is 6.03 Å². The largest absolute Gasteiger partial charge is 0.342 e. The maximum atomic E-state index is 11.7. The summed E-state index contributed by atoms with van der Waals surface area (Å²) in [6.07, 6.45) is 0.862. The van der Waals surface area contributed by atoms with Gasteiger partial charge in [-0.05, 0) is 23.8 Å². The Kier molecular flexibility index (Phi) is 3.04. The molecule has 6 nitrogen and oxygen atoms in total. The van der Waals surface area contributed by atoms with Crippen molar-refractivity contribution in [3.63, 3.8) is 0 Å². The fourth-order valence-corrected chi connectivity index (χ4v) is 2.32. The number of nitrogens with one attached hydrogen (secondary N) is 1. The topological polar surface area (TPSA) is 83.6 Å². The molecule has 96 valence electrons. The van der Waals surface area contributed by atoms with Gasteiger partial charge in [0.05, 0.1) is 18.4 Å². The van der Waals surface area contributed by atoms with E-state index in [1.165, 1.54) is 12.1 Å². The van der Waals surface area contributed by atoms with Crippen molar-refractivity contribution in [1.29, 1.82) is 0 Å². The van der Waals surface area contributed by atoms with Crippen molar-refractivity contribution in [2.24, 2.45) is 0 Å². The molecule has 1 heterocycles. The van der Waals surface area contributed by atoms with E-state index in [1.54, 1.807) is 10.8 Å². The van der Waals surface area contributed by atoms with E-state index in [2.05, 4.69) is 0 Å². The second kappa shape index (κ2) is 4.25. The molecule has 1 aromatic carbocycles. The highest BCUT2D eigenvalue weighted by molar-refractivity contribution is 7.89. The van der Waals surface area contributed by atoms with Gasteiger partial charge in [-0.3, -0.25) is 4.79 Å². The molecule has 0 radical (unpaired) electrons. The summed E-state index contributed by atoms with van der Waals surface area (Å²) in [4.78, 5) is 24.2. The van der Waals surface area contributed by atoms with Crippen molar-refractivity contribution in [2.75, 3.05) is 11.2 Å². The van der Waals surface area contributed by atoms with Gasteiger partial charge in [0, 0.05) is 5.02 Å². The van der Waals surface area contributed by atoms with Crippen molar-refractivity contribution in [3.8, 4) is 0 Å². The van der Waals surface area contributed by atoms with Crippen molar-refractivity contribution in [1.82, 2.24) is 4.72 Å². The quantitative estimate of drug-likeness (QED) is 0.832. The number of anilines is 1. The number of carbonyl (C=O) groups is 2. The summed E-state index contributed by atoms with van der Waals surface area (Å²) < 4.78 is 23.7. The van der Waals surface area contributed by atoms with Crippen LogP contribution in [0.1, 0.15) is 5.56 Å². The second-order valence-corrected chi connectivity index (χ2v) is 6.04. The Labute approximate surface area is 109 Å². The maximum absolute atomic E-state index is 11.7. The number of halogens is 1. The summed E-state index contributed by atoms with van der Waals surface area (Å²) in [7, 11) is -3.71. The number of fused-ring (bicyclic) bond motifs is 1. The maximum Gasteiger partial charge on any atom is 0.342 e. The Balaban J connectivity index is 2.37. The molecule has 0 aromatic heterocycles. The first-order valence-corrected chi connectivity index (χ1v) is 7.18. The summed E-state index contributed by atoms with van der Waals surface area (Å²) in [5.41, 5.74) is 0.946. The van der Waals surface area contributed by atoms with Gasteiger partial charge in [0.25, 0.3) is 0 Å². The average molecular weight is 289 g/mol. The van der Waals surface area contributed by atoms with Crippen LogP contribution in [0.25, 0.3) is 0 Å². The van der Waals surface area contributed by atoms with Crippen LogP contribution in [-0.4, -0.2) is 26.6 Å². The zero-order chi connectivity index (χ0) is 13.5. The smallest absolute Gasteiger partial charge is 0.274 e. The minimum Gasteiger partial charge on any atom is -0.274 e. The van der Waals surface area contributed by atoms with Crippen LogP contribution < -0.4 is 9.62 Å². The third-order valence-corrected chi connectivity index (χ3v) is 3.13. The summed E-state index contributed by atoms with van der Waals surface area (Å²) in [6, 6.07) is 3.62. The Hall–Kier alpha value is -1.60. The van der Waals surface area contributed by atoms with E-state index in [4.69, 9.17) is 11.6 Å². The third-order valence-electron chi connectivity index (χ3n) is 2.35. The fraction of sp³-hybridized carbons (Fsp3) is 0.200. The normalized spacial score (nSPS) is 14.6. The van der Waals surface area contributed by atoms with E-state index in [0.717, 1.165) is 11.2 Å². The van der Waals surface area contributed by atoms with Gasteiger partial charge in [0.15, 0.2) is 0 Å². The minimum atomic E-state index is -3.71. The minimum absolute atomic E-state index is 0.0209. The molecule has 1 aliphatic heterocycles.